The van der Waals surface area contributed by atoms with E-state index in [2.05, 4.69) is 41.8 Å². The van der Waals surface area contributed by atoms with Gasteiger partial charge in [0, 0.05) is 83.1 Å². The predicted molar refractivity (Wildman–Crippen MR) is 227 cm³/mol. The smallest absolute Gasteiger partial charge is 0.294 e. The van der Waals surface area contributed by atoms with Gasteiger partial charge >= 0.3 is 0 Å². The van der Waals surface area contributed by atoms with Crippen LogP contribution in [0.1, 0.15) is 57.2 Å². The first-order chi connectivity index (χ1) is 28.8. The Morgan fingerprint density at radius 1 is 1.05 bits per heavy atom. The van der Waals surface area contributed by atoms with Gasteiger partial charge in [0.05, 0.1) is 46.5 Å². The molecule has 1 unspecified atom stereocenters. The molecule has 0 radical (unpaired) electrons. The van der Waals surface area contributed by atoms with Crippen molar-refractivity contribution in [3.05, 3.63) is 63.8 Å². The van der Waals surface area contributed by atoms with Gasteiger partial charge in [0.2, 0.25) is 17.8 Å². The van der Waals surface area contributed by atoms with Crippen molar-refractivity contribution in [1.29, 1.82) is 0 Å². The lowest BCUT2D eigenvalue weighted by molar-refractivity contribution is -0.134. The number of β-amino-alcohol motifs (C(OH)–C–C–N with tert-alkyl or cyclic N) is 1. The summed E-state index contributed by atoms with van der Waals surface area (Å²) in [5, 5.41) is 26.6. The van der Waals surface area contributed by atoms with E-state index in [1.165, 1.54) is 11.6 Å². The number of nitrogens with zero attached hydrogens (tertiary/aromatic N) is 9. The first-order valence-corrected chi connectivity index (χ1v) is 20.6. The van der Waals surface area contributed by atoms with Crippen molar-refractivity contribution in [1.82, 2.24) is 44.8 Å². The van der Waals surface area contributed by atoms with Crippen molar-refractivity contribution in [2.75, 3.05) is 74.6 Å². The first kappa shape index (κ1) is 40.9. The number of likely N-dealkylation sites (N-methyl/N-ethyl adjacent to an activating group) is 1. The molecule has 18 nitrogen and oxygen atoms in total. The maximum absolute atomic E-state index is 13.2. The van der Waals surface area contributed by atoms with Crippen LogP contribution in [-0.2, 0) is 21.4 Å². The molecule has 60 heavy (non-hydrogen) atoms. The molecule has 0 saturated carbocycles. The second kappa shape index (κ2) is 16.7. The van der Waals surface area contributed by atoms with Gasteiger partial charge in [0.25, 0.3) is 11.5 Å². The van der Waals surface area contributed by atoms with Crippen LogP contribution in [0.3, 0.4) is 0 Å². The number of carbonyl (C=O) groups excluding carboxylic acids is 3. The van der Waals surface area contributed by atoms with Crippen LogP contribution in [0.2, 0.25) is 5.02 Å². The summed E-state index contributed by atoms with van der Waals surface area (Å²) in [6.45, 7) is 8.20. The third kappa shape index (κ3) is 8.18. The van der Waals surface area contributed by atoms with Gasteiger partial charge in [0.15, 0.2) is 18.2 Å². The van der Waals surface area contributed by atoms with Crippen LogP contribution >= 0.6 is 11.6 Å². The molecule has 3 aliphatic rings. The minimum Gasteiger partial charge on any atom is -0.478 e. The molecule has 4 N–H and O–H groups in total. The quantitative estimate of drug-likeness (QED) is 0.141. The Morgan fingerprint density at radius 2 is 1.82 bits per heavy atom. The number of amides is 3. The molecule has 0 spiro atoms. The Kier molecular flexibility index (Phi) is 11.4. The van der Waals surface area contributed by atoms with E-state index in [9.17, 15) is 24.3 Å². The molecule has 0 bridgehead atoms. The highest BCUT2D eigenvalue weighted by Gasteiger charge is 2.37. The number of nitrogens with one attached hydrogen (secondary N) is 3. The zero-order valence-corrected chi connectivity index (χ0v) is 34.8. The third-order valence-corrected chi connectivity index (χ3v) is 11.9. The maximum Gasteiger partial charge on any atom is 0.294 e. The topological polar surface area (TPSA) is 205 Å². The van der Waals surface area contributed by atoms with Gasteiger partial charge in [-0.05, 0) is 51.3 Å². The minimum absolute atomic E-state index is 0.0375. The highest BCUT2D eigenvalue weighted by molar-refractivity contribution is 6.33. The number of aryl methyl sites for hydroxylation is 1. The number of rotatable bonds is 11. The fraction of sp³-hybridized carbons (Fsp3) is 0.463. The van der Waals surface area contributed by atoms with Crippen molar-refractivity contribution in [2.45, 2.75) is 57.1 Å². The number of aromatic nitrogens is 6. The number of halogens is 1. The van der Waals surface area contributed by atoms with Crippen LogP contribution in [0.25, 0.3) is 21.9 Å². The van der Waals surface area contributed by atoms with Gasteiger partial charge in [-0.3, -0.25) is 38.6 Å². The Labute approximate surface area is 350 Å². The van der Waals surface area contributed by atoms with Gasteiger partial charge in [0.1, 0.15) is 10.7 Å². The molecule has 3 saturated heterocycles. The Balaban J connectivity index is 0.895. The van der Waals surface area contributed by atoms with Crippen LogP contribution in [-0.4, -0.2) is 122 Å². The van der Waals surface area contributed by atoms with E-state index in [1.807, 2.05) is 48.7 Å². The van der Waals surface area contributed by atoms with Crippen molar-refractivity contribution >= 4 is 74.4 Å². The summed E-state index contributed by atoms with van der Waals surface area (Å²) in [6, 6.07) is 9.25. The molecule has 7 heterocycles. The number of pyridine rings is 2. The van der Waals surface area contributed by atoms with Crippen LogP contribution in [0.15, 0.2) is 47.5 Å². The molecule has 3 aliphatic heterocycles. The van der Waals surface area contributed by atoms with E-state index in [0.29, 0.717) is 84.5 Å². The fourth-order valence-corrected chi connectivity index (χ4v) is 8.59. The number of aliphatic hydroxyl groups is 1. The highest BCUT2D eigenvalue weighted by atomic mass is 35.5. The van der Waals surface area contributed by atoms with Crippen molar-refractivity contribution in [3.63, 3.8) is 0 Å². The Bertz CT molecular complexity index is 2530. The minimum atomic E-state index is -0.873. The molecule has 3 amide bonds. The van der Waals surface area contributed by atoms with Crippen molar-refractivity contribution < 1.29 is 24.2 Å². The maximum atomic E-state index is 13.2. The summed E-state index contributed by atoms with van der Waals surface area (Å²) in [6.07, 6.45) is 4.97. The molecule has 4 aromatic heterocycles. The van der Waals surface area contributed by atoms with Gasteiger partial charge in [-0.25, -0.2) is 9.97 Å². The monoisotopic (exact) mass is 840 g/mol. The van der Waals surface area contributed by atoms with Crippen molar-refractivity contribution in [2.24, 2.45) is 7.05 Å². The number of hydrogen-bond acceptors (Lipinski definition) is 14. The van der Waals surface area contributed by atoms with E-state index in [0.717, 1.165) is 42.8 Å². The average molecular weight is 841 g/mol. The molecule has 0 aliphatic carbocycles. The van der Waals surface area contributed by atoms with Crippen LogP contribution in [0, 0.1) is 0 Å². The van der Waals surface area contributed by atoms with Gasteiger partial charge < -0.3 is 30.3 Å². The van der Waals surface area contributed by atoms with E-state index >= 15 is 0 Å². The second-order valence-electron chi connectivity index (χ2n) is 16.0. The molecule has 1 aromatic carbocycles. The van der Waals surface area contributed by atoms with E-state index in [1.54, 1.807) is 18.5 Å². The van der Waals surface area contributed by atoms with Gasteiger partial charge in [-0.2, -0.15) is 10.1 Å². The first-order valence-electron chi connectivity index (χ1n) is 20.2. The summed E-state index contributed by atoms with van der Waals surface area (Å²) >= 11 is 6.58. The van der Waals surface area contributed by atoms with Gasteiger partial charge in [-0.15, -0.1) is 0 Å². The number of imide groups is 1. The van der Waals surface area contributed by atoms with E-state index in [-0.39, 0.29) is 41.7 Å². The normalized spacial score (nSPS) is 18.6. The van der Waals surface area contributed by atoms with Crippen LogP contribution in [0.5, 0.6) is 5.75 Å². The zero-order valence-electron chi connectivity index (χ0n) is 34.1. The number of para-hydroxylation sites is 1. The van der Waals surface area contributed by atoms with Crippen LogP contribution in [0.4, 0.5) is 23.1 Å². The number of fused-ring (bicyclic) bond motifs is 2. The highest BCUT2D eigenvalue weighted by Crippen LogP contribution is 2.36. The fourth-order valence-electron chi connectivity index (χ4n) is 8.46. The average Bonchev–Trinajstić information content (AvgIpc) is 3.57. The standard InChI is InChI=1S/C41H49ClN12O6/c1-24(2)54-37-25(19-31(39(54)58)60-22-33(56)43-3)18-26(20-44-37)46-36-29(42)21-45-40(48-36)53-12-10-41(59,11-13-53)23-51-14-16-52(17-15-51)30-7-5-6-27-34(49-50(4)35(27)30)28-8-9-32(55)47-38(28)57/h5-7,18-21,24,28,59H,8-17,22-23H2,1-4H3,(H,43,56)(H,45,46,48)(H,47,55,57). The SMILES string of the molecule is CNC(=O)COc1cc2cc(Nc3nc(N4CCC(O)(CN5CCN(c6cccc7c(C8CCC(=O)NC8=O)nn(C)c67)CC5)CC4)ncc3Cl)cnc2n(C(C)C)c1=O. The zero-order chi connectivity index (χ0) is 42.3. The molecule has 8 rings (SSSR count). The molecule has 1 atom stereocenters. The number of piperidine rings is 2. The molecular weight excluding hydrogens is 792 g/mol. The Morgan fingerprint density at radius 3 is 2.53 bits per heavy atom. The molecular formula is C41H49ClN12O6. The van der Waals surface area contributed by atoms with Crippen LogP contribution < -0.4 is 36.0 Å². The predicted octanol–water partition coefficient (Wildman–Crippen LogP) is 2.85. The number of hydrogen-bond donors (Lipinski definition) is 4. The summed E-state index contributed by atoms with van der Waals surface area (Å²) in [5.74, 6) is -0.461. The summed E-state index contributed by atoms with van der Waals surface area (Å²) in [5.41, 5.74) is 2.50. The number of carbonyl (C=O) groups is 3. The lowest BCUT2D eigenvalue weighted by atomic mass is 9.90. The molecule has 3 fully saturated rings. The number of anilines is 4. The number of benzene rings is 1. The van der Waals surface area contributed by atoms with Crippen molar-refractivity contribution in [3.8, 4) is 5.75 Å². The number of piperazine rings is 1. The Hall–Kier alpha value is -5.85. The van der Waals surface area contributed by atoms with E-state index in [4.69, 9.17) is 26.4 Å². The summed E-state index contributed by atoms with van der Waals surface area (Å²) in [7, 11) is 3.39. The molecule has 316 valence electrons. The lowest BCUT2D eigenvalue weighted by Gasteiger charge is -2.43. The third-order valence-electron chi connectivity index (χ3n) is 11.6. The lowest BCUT2D eigenvalue weighted by Crippen LogP contribution is -2.55. The molecule has 5 aromatic rings. The van der Waals surface area contributed by atoms with E-state index < -0.39 is 11.5 Å². The van der Waals surface area contributed by atoms with Gasteiger partial charge in [-0.1, -0.05) is 23.7 Å². The number of ether oxygens (including phenoxy) is 1. The molecule has 19 heteroatoms. The largest absolute Gasteiger partial charge is 0.478 e. The second-order valence-corrected chi connectivity index (χ2v) is 16.4. The summed E-state index contributed by atoms with van der Waals surface area (Å²) < 4.78 is 8.95. The summed E-state index contributed by atoms with van der Waals surface area (Å²) in [4.78, 5) is 70.1.